The number of fused-ring (bicyclic) bond motifs is 1. The van der Waals surface area contributed by atoms with E-state index in [2.05, 4.69) is 10.8 Å². The van der Waals surface area contributed by atoms with Crippen LogP contribution >= 0.6 is 0 Å². The highest BCUT2D eigenvalue weighted by Crippen LogP contribution is 2.21. The molecule has 0 unspecified atom stereocenters. The van der Waals surface area contributed by atoms with Crippen molar-refractivity contribution in [1.29, 1.82) is 0 Å². The molecule has 0 heterocycles. The Morgan fingerprint density at radius 1 is 1.10 bits per heavy atom. The summed E-state index contributed by atoms with van der Waals surface area (Å²) < 4.78 is 31.0. The summed E-state index contributed by atoms with van der Waals surface area (Å²) in [7, 11) is -1.47. The maximum atomic E-state index is 11.6. The number of benzene rings is 2. The van der Waals surface area contributed by atoms with Gasteiger partial charge in [-0.2, -0.15) is 0 Å². The van der Waals surface area contributed by atoms with Crippen LogP contribution in [0.4, 0.5) is 0 Å². The third-order valence-electron chi connectivity index (χ3n) is 3.32. The molecule has 0 aliphatic heterocycles. The van der Waals surface area contributed by atoms with Gasteiger partial charge in [0.1, 0.15) is 5.75 Å². The third kappa shape index (κ3) is 4.44. The maximum absolute atomic E-state index is 11.6. The van der Waals surface area contributed by atoms with Crippen molar-refractivity contribution in [2.75, 3.05) is 19.4 Å². The summed E-state index contributed by atoms with van der Waals surface area (Å²) in [5.74, 6) is 1.02. The number of ether oxygens (including phenoxy) is 1. The average molecular weight is 307 g/mol. The smallest absolute Gasteiger partial charge is 0.211 e. The first-order chi connectivity index (χ1) is 10.0. The third-order valence-corrected chi connectivity index (χ3v) is 4.91. The Morgan fingerprint density at radius 3 is 2.52 bits per heavy atom. The first kappa shape index (κ1) is 15.8. The van der Waals surface area contributed by atoms with Crippen molar-refractivity contribution in [2.24, 2.45) is 0 Å². The first-order valence-electron chi connectivity index (χ1n) is 7.08. The molecule has 5 heteroatoms. The molecule has 0 saturated carbocycles. The SMILES string of the molecule is CCCS(=O)(=O)NCCc1ccc2cc(OC)ccc2c1. The zero-order valence-corrected chi connectivity index (χ0v) is 13.2. The highest BCUT2D eigenvalue weighted by molar-refractivity contribution is 7.89. The van der Waals surface area contributed by atoms with Gasteiger partial charge in [0, 0.05) is 6.54 Å². The zero-order chi connectivity index (χ0) is 15.3. The lowest BCUT2D eigenvalue weighted by Crippen LogP contribution is -2.28. The molecule has 2 aromatic rings. The second kappa shape index (κ2) is 6.91. The Balaban J connectivity index is 2.03. The molecule has 2 aromatic carbocycles. The molecule has 0 radical (unpaired) electrons. The van der Waals surface area contributed by atoms with Crippen molar-refractivity contribution in [2.45, 2.75) is 19.8 Å². The molecule has 2 rings (SSSR count). The summed E-state index contributed by atoms with van der Waals surface area (Å²) in [6.45, 7) is 2.29. The fourth-order valence-corrected chi connectivity index (χ4v) is 3.34. The van der Waals surface area contributed by atoms with Gasteiger partial charge >= 0.3 is 0 Å². The van der Waals surface area contributed by atoms with E-state index >= 15 is 0 Å². The van der Waals surface area contributed by atoms with Gasteiger partial charge in [-0.15, -0.1) is 0 Å². The average Bonchev–Trinajstić information content (AvgIpc) is 2.46. The summed E-state index contributed by atoms with van der Waals surface area (Å²) in [5.41, 5.74) is 1.12. The quantitative estimate of drug-likeness (QED) is 0.855. The van der Waals surface area contributed by atoms with E-state index in [1.54, 1.807) is 7.11 Å². The van der Waals surface area contributed by atoms with Crippen LogP contribution in [0, 0.1) is 0 Å². The fourth-order valence-electron chi connectivity index (χ4n) is 2.25. The van der Waals surface area contributed by atoms with E-state index in [1.807, 2.05) is 37.3 Å². The molecular formula is C16H21NO3S. The molecule has 0 aliphatic rings. The molecule has 0 amide bonds. The Hall–Kier alpha value is -1.59. The Labute approximate surface area is 126 Å². The van der Waals surface area contributed by atoms with Crippen LogP contribution in [0.3, 0.4) is 0 Å². The number of hydrogen-bond acceptors (Lipinski definition) is 3. The Morgan fingerprint density at radius 2 is 1.81 bits per heavy atom. The fraction of sp³-hybridized carbons (Fsp3) is 0.375. The van der Waals surface area contributed by atoms with Crippen molar-refractivity contribution in [3.05, 3.63) is 42.0 Å². The van der Waals surface area contributed by atoms with Gasteiger partial charge in [0.15, 0.2) is 0 Å². The predicted molar refractivity (Wildman–Crippen MR) is 86.3 cm³/mol. The van der Waals surface area contributed by atoms with E-state index < -0.39 is 10.0 Å². The lowest BCUT2D eigenvalue weighted by atomic mass is 10.0. The Bertz CT molecular complexity index is 711. The molecule has 0 saturated heterocycles. The highest BCUT2D eigenvalue weighted by Gasteiger charge is 2.07. The summed E-state index contributed by atoms with van der Waals surface area (Å²) in [5, 5.41) is 2.24. The highest BCUT2D eigenvalue weighted by atomic mass is 32.2. The van der Waals surface area contributed by atoms with Crippen LogP contribution in [0.1, 0.15) is 18.9 Å². The molecule has 0 fully saturated rings. The first-order valence-corrected chi connectivity index (χ1v) is 8.73. The number of sulfonamides is 1. The topological polar surface area (TPSA) is 55.4 Å². The largest absolute Gasteiger partial charge is 0.497 e. The van der Waals surface area contributed by atoms with E-state index in [4.69, 9.17) is 4.74 Å². The van der Waals surface area contributed by atoms with Crippen LogP contribution in [-0.2, 0) is 16.4 Å². The van der Waals surface area contributed by atoms with Crippen LogP contribution < -0.4 is 9.46 Å². The van der Waals surface area contributed by atoms with Crippen LogP contribution in [0.25, 0.3) is 10.8 Å². The van der Waals surface area contributed by atoms with Gasteiger partial charge in [-0.25, -0.2) is 13.1 Å². The van der Waals surface area contributed by atoms with Gasteiger partial charge in [-0.3, -0.25) is 0 Å². The monoisotopic (exact) mass is 307 g/mol. The summed E-state index contributed by atoms with van der Waals surface area (Å²) in [4.78, 5) is 0. The number of hydrogen-bond donors (Lipinski definition) is 1. The van der Waals surface area contributed by atoms with E-state index in [9.17, 15) is 8.42 Å². The van der Waals surface area contributed by atoms with Crippen LogP contribution in [0.2, 0.25) is 0 Å². The molecule has 0 aromatic heterocycles. The zero-order valence-electron chi connectivity index (χ0n) is 12.4. The summed E-state index contributed by atoms with van der Waals surface area (Å²) in [6.07, 6.45) is 1.32. The Kier molecular flexibility index (Phi) is 5.20. The summed E-state index contributed by atoms with van der Waals surface area (Å²) >= 11 is 0. The normalized spacial score (nSPS) is 11.7. The van der Waals surface area contributed by atoms with E-state index in [0.717, 1.165) is 22.1 Å². The van der Waals surface area contributed by atoms with Crippen LogP contribution in [-0.4, -0.2) is 27.8 Å². The van der Waals surface area contributed by atoms with Crippen molar-refractivity contribution in [1.82, 2.24) is 4.72 Å². The van der Waals surface area contributed by atoms with E-state index in [1.165, 1.54) is 0 Å². The molecule has 0 aliphatic carbocycles. The molecule has 0 atom stereocenters. The lowest BCUT2D eigenvalue weighted by molar-refractivity contribution is 0.415. The molecular weight excluding hydrogens is 286 g/mol. The lowest BCUT2D eigenvalue weighted by Gasteiger charge is -2.07. The van der Waals surface area contributed by atoms with E-state index in [0.29, 0.717) is 19.4 Å². The molecule has 21 heavy (non-hydrogen) atoms. The van der Waals surface area contributed by atoms with Crippen molar-refractivity contribution < 1.29 is 13.2 Å². The molecule has 114 valence electrons. The second-order valence-electron chi connectivity index (χ2n) is 5.01. The number of nitrogens with one attached hydrogen (secondary N) is 1. The van der Waals surface area contributed by atoms with Gasteiger partial charge < -0.3 is 4.74 Å². The van der Waals surface area contributed by atoms with Gasteiger partial charge in [0.2, 0.25) is 10.0 Å². The van der Waals surface area contributed by atoms with Gasteiger partial charge in [0.25, 0.3) is 0 Å². The molecule has 0 spiro atoms. The summed E-state index contributed by atoms with van der Waals surface area (Å²) in [6, 6.07) is 12.1. The minimum Gasteiger partial charge on any atom is -0.497 e. The molecule has 1 N–H and O–H groups in total. The predicted octanol–water partition coefficient (Wildman–Crippen LogP) is 2.72. The molecule has 0 bridgehead atoms. The number of rotatable bonds is 7. The van der Waals surface area contributed by atoms with Crippen molar-refractivity contribution in [3.8, 4) is 5.75 Å². The van der Waals surface area contributed by atoms with Crippen molar-refractivity contribution in [3.63, 3.8) is 0 Å². The van der Waals surface area contributed by atoms with Gasteiger partial charge in [-0.05, 0) is 41.3 Å². The van der Waals surface area contributed by atoms with Crippen LogP contribution in [0.15, 0.2) is 36.4 Å². The van der Waals surface area contributed by atoms with Crippen LogP contribution in [0.5, 0.6) is 5.75 Å². The minimum absolute atomic E-state index is 0.185. The second-order valence-corrected chi connectivity index (χ2v) is 6.94. The van der Waals surface area contributed by atoms with Gasteiger partial charge in [0.05, 0.1) is 12.9 Å². The minimum atomic E-state index is -3.12. The number of methoxy groups -OCH3 is 1. The maximum Gasteiger partial charge on any atom is 0.211 e. The van der Waals surface area contributed by atoms with Gasteiger partial charge in [-0.1, -0.05) is 31.2 Å². The standard InChI is InChI=1S/C16H21NO3S/c1-3-10-21(18,19)17-9-8-13-4-5-15-12-16(20-2)7-6-14(15)11-13/h4-7,11-12,17H,3,8-10H2,1-2H3. The van der Waals surface area contributed by atoms with Crippen molar-refractivity contribution >= 4 is 20.8 Å². The molecule has 4 nitrogen and oxygen atoms in total. The van der Waals surface area contributed by atoms with E-state index in [-0.39, 0.29) is 5.75 Å².